The smallest absolute Gasteiger partial charge is 0.252 e. The van der Waals surface area contributed by atoms with Crippen molar-refractivity contribution in [2.45, 2.75) is 38.8 Å². The predicted octanol–water partition coefficient (Wildman–Crippen LogP) is 2.26. The standard InChI is InChI=1S/C20H25N3O2/c1-13-12-23(20(25)14-6-7-14)9-8-17(13)21-11-16-10-15-4-2-3-5-18(15)22-19(16)24/h2-5,10,13-14,17,21H,6-9,11-12H2,1H3,(H,22,24)/t13-,17-/m0/s1. The van der Waals surface area contributed by atoms with Gasteiger partial charge in [-0.1, -0.05) is 25.1 Å². The molecule has 1 saturated carbocycles. The van der Waals surface area contributed by atoms with Gasteiger partial charge in [-0.3, -0.25) is 9.59 Å². The first-order valence-electron chi connectivity index (χ1n) is 9.25. The number of carbonyl (C=O) groups is 1. The van der Waals surface area contributed by atoms with Gasteiger partial charge in [0, 0.05) is 42.7 Å². The number of nitrogens with one attached hydrogen (secondary N) is 2. The number of hydrogen-bond donors (Lipinski definition) is 2. The van der Waals surface area contributed by atoms with Gasteiger partial charge >= 0.3 is 0 Å². The molecule has 1 saturated heterocycles. The van der Waals surface area contributed by atoms with Gasteiger partial charge in [-0.2, -0.15) is 0 Å². The Morgan fingerprint density at radius 1 is 1.28 bits per heavy atom. The number of fused-ring (bicyclic) bond motifs is 1. The van der Waals surface area contributed by atoms with Crippen LogP contribution in [0.15, 0.2) is 35.1 Å². The molecule has 2 fully saturated rings. The lowest BCUT2D eigenvalue weighted by atomic mass is 9.93. The summed E-state index contributed by atoms with van der Waals surface area (Å²) in [7, 11) is 0. The number of para-hydroxylation sites is 1. The minimum absolute atomic E-state index is 0.0276. The average Bonchev–Trinajstić information content (AvgIpc) is 3.45. The monoisotopic (exact) mass is 339 g/mol. The Labute approximate surface area is 147 Å². The van der Waals surface area contributed by atoms with E-state index in [-0.39, 0.29) is 5.56 Å². The molecule has 1 aliphatic heterocycles. The van der Waals surface area contributed by atoms with Gasteiger partial charge in [0.1, 0.15) is 0 Å². The van der Waals surface area contributed by atoms with Crippen LogP contribution in [0.5, 0.6) is 0 Å². The van der Waals surface area contributed by atoms with Gasteiger partial charge in [-0.05, 0) is 42.7 Å². The van der Waals surface area contributed by atoms with Crippen LogP contribution in [0.1, 0.15) is 31.7 Å². The number of nitrogens with zero attached hydrogens (tertiary/aromatic N) is 1. The highest BCUT2D eigenvalue weighted by atomic mass is 16.2. The molecule has 0 unspecified atom stereocenters. The molecule has 1 aromatic carbocycles. The highest BCUT2D eigenvalue weighted by Gasteiger charge is 2.36. The first kappa shape index (κ1) is 16.3. The maximum Gasteiger partial charge on any atom is 0.252 e. The number of aromatic amines is 1. The fourth-order valence-electron chi connectivity index (χ4n) is 3.80. The summed E-state index contributed by atoms with van der Waals surface area (Å²) < 4.78 is 0. The third kappa shape index (κ3) is 3.47. The van der Waals surface area contributed by atoms with Crippen LogP contribution in [0.25, 0.3) is 10.9 Å². The van der Waals surface area contributed by atoms with E-state index in [9.17, 15) is 9.59 Å². The number of aromatic nitrogens is 1. The molecular weight excluding hydrogens is 314 g/mol. The van der Waals surface area contributed by atoms with Crippen molar-refractivity contribution in [3.05, 3.63) is 46.2 Å². The summed E-state index contributed by atoms with van der Waals surface area (Å²) in [6.45, 7) is 4.40. The molecule has 25 heavy (non-hydrogen) atoms. The number of amides is 1. The van der Waals surface area contributed by atoms with Crippen LogP contribution >= 0.6 is 0 Å². The predicted molar refractivity (Wildman–Crippen MR) is 98.3 cm³/mol. The highest BCUT2D eigenvalue weighted by molar-refractivity contribution is 5.81. The second-order valence-electron chi connectivity index (χ2n) is 7.52. The summed E-state index contributed by atoms with van der Waals surface area (Å²) in [6, 6.07) is 10.1. The van der Waals surface area contributed by atoms with Gasteiger partial charge in [0.05, 0.1) is 0 Å². The van der Waals surface area contributed by atoms with Crippen molar-refractivity contribution >= 4 is 16.8 Å². The molecule has 0 bridgehead atoms. The average molecular weight is 339 g/mol. The maximum absolute atomic E-state index is 12.3. The summed E-state index contributed by atoms with van der Waals surface area (Å²) in [6.07, 6.45) is 3.08. The summed E-state index contributed by atoms with van der Waals surface area (Å²) in [5.74, 6) is 1.04. The Hall–Kier alpha value is -2.14. The molecule has 2 atom stereocenters. The van der Waals surface area contributed by atoms with E-state index in [1.165, 1.54) is 0 Å². The normalized spacial score (nSPS) is 23.8. The molecule has 5 nitrogen and oxygen atoms in total. The Morgan fingerprint density at radius 3 is 2.84 bits per heavy atom. The second-order valence-corrected chi connectivity index (χ2v) is 7.52. The Balaban J connectivity index is 1.39. The number of hydrogen-bond acceptors (Lipinski definition) is 3. The Bertz CT molecular complexity index is 840. The molecule has 4 rings (SSSR count). The third-order valence-electron chi connectivity index (χ3n) is 5.53. The molecule has 132 valence electrons. The zero-order chi connectivity index (χ0) is 17.4. The molecule has 1 aliphatic carbocycles. The number of H-pyrrole nitrogens is 1. The maximum atomic E-state index is 12.3. The van der Waals surface area contributed by atoms with Gasteiger partial charge in [0.2, 0.25) is 5.91 Å². The molecule has 0 radical (unpaired) electrons. The van der Waals surface area contributed by atoms with Crippen molar-refractivity contribution in [2.75, 3.05) is 13.1 Å². The molecule has 1 aromatic heterocycles. The fourth-order valence-corrected chi connectivity index (χ4v) is 3.80. The molecule has 0 spiro atoms. The minimum atomic E-state index is -0.0276. The van der Waals surface area contributed by atoms with E-state index in [2.05, 4.69) is 17.2 Å². The minimum Gasteiger partial charge on any atom is -0.342 e. The van der Waals surface area contributed by atoms with Gasteiger partial charge in [0.25, 0.3) is 5.56 Å². The number of rotatable bonds is 4. The third-order valence-corrected chi connectivity index (χ3v) is 5.53. The number of pyridine rings is 1. The van der Waals surface area contributed by atoms with E-state index in [4.69, 9.17) is 0 Å². The van der Waals surface area contributed by atoms with Crippen molar-refractivity contribution < 1.29 is 4.79 Å². The molecule has 5 heteroatoms. The summed E-state index contributed by atoms with van der Waals surface area (Å²) in [5.41, 5.74) is 1.61. The van der Waals surface area contributed by atoms with Crippen LogP contribution in [0.2, 0.25) is 0 Å². The second kappa shape index (κ2) is 6.64. The lowest BCUT2D eigenvalue weighted by Crippen LogP contribution is -2.50. The van der Waals surface area contributed by atoms with E-state index >= 15 is 0 Å². The molecule has 2 aromatic rings. The number of likely N-dealkylation sites (tertiary alicyclic amines) is 1. The fraction of sp³-hybridized carbons (Fsp3) is 0.500. The summed E-state index contributed by atoms with van der Waals surface area (Å²) >= 11 is 0. The molecule has 2 aliphatic rings. The molecule has 2 N–H and O–H groups in total. The van der Waals surface area contributed by atoms with E-state index in [1.807, 2.05) is 35.2 Å². The number of benzene rings is 1. The highest BCUT2D eigenvalue weighted by Crippen LogP contribution is 2.32. The lowest BCUT2D eigenvalue weighted by Gasteiger charge is -2.37. The van der Waals surface area contributed by atoms with Crippen LogP contribution in [0.4, 0.5) is 0 Å². The van der Waals surface area contributed by atoms with E-state index in [0.717, 1.165) is 48.8 Å². The zero-order valence-corrected chi connectivity index (χ0v) is 14.6. The first-order chi connectivity index (χ1) is 12.1. The van der Waals surface area contributed by atoms with Crippen LogP contribution in [-0.2, 0) is 11.3 Å². The van der Waals surface area contributed by atoms with Gasteiger partial charge in [-0.25, -0.2) is 0 Å². The van der Waals surface area contributed by atoms with Gasteiger partial charge < -0.3 is 15.2 Å². The quantitative estimate of drug-likeness (QED) is 0.898. The van der Waals surface area contributed by atoms with Crippen LogP contribution in [0, 0.1) is 11.8 Å². The first-order valence-corrected chi connectivity index (χ1v) is 9.25. The van der Waals surface area contributed by atoms with E-state index < -0.39 is 0 Å². The van der Waals surface area contributed by atoms with Crippen molar-refractivity contribution in [1.29, 1.82) is 0 Å². The van der Waals surface area contributed by atoms with Crippen LogP contribution < -0.4 is 10.9 Å². The largest absolute Gasteiger partial charge is 0.342 e. The van der Waals surface area contributed by atoms with Crippen molar-refractivity contribution in [3.63, 3.8) is 0 Å². The molecular formula is C20H25N3O2. The van der Waals surface area contributed by atoms with Crippen molar-refractivity contribution in [2.24, 2.45) is 11.8 Å². The summed E-state index contributed by atoms with van der Waals surface area (Å²) in [5, 5.41) is 4.59. The van der Waals surface area contributed by atoms with Crippen molar-refractivity contribution in [1.82, 2.24) is 15.2 Å². The Morgan fingerprint density at radius 2 is 2.08 bits per heavy atom. The molecule has 2 heterocycles. The summed E-state index contributed by atoms with van der Waals surface area (Å²) in [4.78, 5) is 29.5. The van der Waals surface area contributed by atoms with Crippen LogP contribution in [0.3, 0.4) is 0 Å². The number of carbonyl (C=O) groups excluding carboxylic acids is 1. The zero-order valence-electron chi connectivity index (χ0n) is 14.6. The Kier molecular flexibility index (Phi) is 4.34. The van der Waals surface area contributed by atoms with Gasteiger partial charge in [-0.15, -0.1) is 0 Å². The van der Waals surface area contributed by atoms with E-state index in [1.54, 1.807) is 0 Å². The van der Waals surface area contributed by atoms with E-state index in [0.29, 0.717) is 30.3 Å². The number of piperidine rings is 1. The topological polar surface area (TPSA) is 65.2 Å². The van der Waals surface area contributed by atoms with Crippen molar-refractivity contribution in [3.8, 4) is 0 Å². The van der Waals surface area contributed by atoms with Gasteiger partial charge in [0.15, 0.2) is 0 Å². The molecule has 1 amide bonds. The SMILES string of the molecule is C[C@H]1CN(C(=O)C2CC2)CC[C@@H]1NCc1cc2ccccc2[nH]c1=O. The van der Waals surface area contributed by atoms with Crippen LogP contribution in [-0.4, -0.2) is 34.9 Å². The lowest BCUT2D eigenvalue weighted by molar-refractivity contribution is -0.134.